The zero-order valence-corrected chi connectivity index (χ0v) is 11.5. The fourth-order valence-corrected chi connectivity index (χ4v) is 3.02. The lowest BCUT2D eigenvalue weighted by Gasteiger charge is -2.27. The van der Waals surface area contributed by atoms with Gasteiger partial charge < -0.3 is 5.11 Å². The zero-order valence-electron chi connectivity index (χ0n) is 11.5. The van der Waals surface area contributed by atoms with Crippen LogP contribution in [0.1, 0.15) is 35.2 Å². The number of piperidine rings is 1. The van der Waals surface area contributed by atoms with Gasteiger partial charge in [-0.05, 0) is 37.4 Å². The van der Waals surface area contributed by atoms with Crippen molar-refractivity contribution in [3.05, 3.63) is 41.5 Å². The van der Waals surface area contributed by atoms with Crippen LogP contribution in [0.4, 0.5) is 0 Å². The van der Waals surface area contributed by atoms with E-state index in [2.05, 4.69) is 4.90 Å². The summed E-state index contributed by atoms with van der Waals surface area (Å²) < 4.78 is 0. The van der Waals surface area contributed by atoms with Crippen LogP contribution in [0.25, 0.3) is 10.8 Å². The molecular weight excluding hydrogens is 250 g/mol. The van der Waals surface area contributed by atoms with Gasteiger partial charge in [0.1, 0.15) is 5.75 Å². The lowest BCUT2D eigenvalue weighted by atomic mass is 9.99. The maximum Gasteiger partial charge on any atom is 0.150 e. The van der Waals surface area contributed by atoms with Gasteiger partial charge in [0.05, 0.1) is 0 Å². The molecule has 1 heterocycles. The topological polar surface area (TPSA) is 40.5 Å². The zero-order chi connectivity index (χ0) is 13.9. The van der Waals surface area contributed by atoms with Gasteiger partial charge in [-0.1, -0.05) is 30.7 Å². The summed E-state index contributed by atoms with van der Waals surface area (Å²) in [6.45, 7) is 2.86. The van der Waals surface area contributed by atoms with E-state index in [1.54, 1.807) is 0 Å². The van der Waals surface area contributed by atoms with Gasteiger partial charge in [-0.2, -0.15) is 0 Å². The quantitative estimate of drug-likeness (QED) is 0.869. The first-order chi connectivity index (χ1) is 9.79. The molecule has 0 bridgehead atoms. The smallest absolute Gasteiger partial charge is 0.150 e. The van der Waals surface area contributed by atoms with Gasteiger partial charge in [0.2, 0.25) is 0 Å². The van der Waals surface area contributed by atoms with E-state index in [0.717, 1.165) is 42.3 Å². The van der Waals surface area contributed by atoms with Gasteiger partial charge in [0.25, 0.3) is 0 Å². The minimum Gasteiger partial charge on any atom is -0.507 e. The largest absolute Gasteiger partial charge is 0.507 e. The summed E-state index contributed by atoms with van der Waals surface area (Å²) in [6, 6.07) is 9.36. The van der Waals surface area contributed by atoms with E-state index < -0.39 is 0 Å². The van der Waals surface area contributed by atoms with Crippen molar-refractivity contribution in [1.29, 1.82) is 0 Å². The van der Waals surface area contributed by atoms with Gasteiger partial charge in [0.15, 0.2) is 6.29 Å². The summed E-state index contributed by atoms with van der Waals surface area (Å²) >= 11 is 0. The molecule has 1 aliphatic rings. The van der Waals surface area contributed by atoms with E-state index in [1.807, 2.05) is 30.3 Å². The Kier molecular flexibility index (Phi) is 3.70. The van der Waals surface area contributed by atoms with E-state index in [4.69, 9.17) is 0 Å². The number of carbonyl (C=O) groups is 1. The summed E-state index contributed by atoms with van der Waals surface area (Å²) in [7, 11) is 0. The van der Waals surface area contributed by atoms with Crippen LogP contribution in [0, 0.1) is 0 Å². The normalized spacial score (nSPS) is 16.4. The second-order valence-corrected chi connectivity index (χ2v) is 5.47. The molecule has 104 valence electrons. The lowest BCUT2D eigenvalue weighted by molar-refractivity contribution is 0.112. The van der Waals surface area contributed by atoms with Crippen LogP contribution in [-0.4, -0.2) is 29.4 Å². The van der Waals surface area contributed by atoms with Crippen molar-refractivity contribution in [2.45, 2.75) is 25.8 Å². The molecule has 0 aliphatic carbocycles. The molecule has 3 nitrogen and oxygen atoms in total. The van der Waals surface area contributed by atoms with Crippen LogP contribution < -0.4 is 0 Å². The van der Waals surface area contributed by atoms with Crippen molar-refractivity contribution >= 4 is 17.1 Å². The third-order valence-electron chi connectivity index (χ3n) is 4.10. The third-order valence-corrected chi connectivity index (χ3v) is 4.10. The van der Waals surface area contributed by atoms with Gasteiger partial charge in [-0.25, -0.2) is 0 Å². The molecule has 0 aromatic heterocycles. The lowest BCUT2D eigenvalue weighted by Crippen LogP contribution is -2.29. The Labute approximate surface area is 118 Å². The van der Waals surface area contributed by atoms with Crippen LogP contribution in [0.15, 0.2) is 30.3 Å². The van der Waals surface area contributed by atoms with Crippen LogP contribution in [0.5, 0.6) is 5.75 Å². The highest BCUT2D eigenvalue weighted by Gasteiger charge is 2.15. The van der Waals surface area contributed by atoms with Crippen LogP contribution in [0.2, 0.25) is 0 Å². The van der Waals surface area contributed by atoms with Gasteiger partial charge in [0, 0.05) is 23.1 Å². The second kappa shape index (κ2) is 5.63. The molecule has 2 aromatic rings. The van der Waals surface area contributed by atoms with Crippen molar-refractivity contribution in [3.63, 3.8) is 0 Å². The fraction of sp³-hybridized carbons (Fsp3) is 0.353. The Morgan fingerprint density at radius 1 is 1.10 bits per heavy atom. The predicted octanol–water partition coefficient (Wildman–Crippen LogP) is 3.34. The number of aromatic hydroxyl groups is 1. The van der Waals surface area contributed by atoms with Crippen molar-refractivity contribution in [1.82, 2.24) is 4.90 Å². The number of carbonyl (C=O) groups excluding carboxylic acids is 1. The average Bonchev–Trinajstić information content (AvgIpc) is 2.51. The molecule has 0 spiro atoms. The number of likely N-dealkylation sites (tertiary alicyclic amines) is 1. The van der Waals surface area contributed by atoms with Crippen LogP contribution >= 0.6 is 0 Å². The Hall–Kier alpha value is -1.87. The van der Waals surface area contributed by atoms with E-state index in [-0.39, 0.29) is 0 Å². The Bertz CT molecular complexity index is 630. The number of rotatable bonds is 3. The van der Waals surface area contributed by atoms with Gasteiger partial charge in [-0.15, -0.1) is 0 Å². The van der Waals surface area contributed by atoms with E-state index in [9.17, 15) is 9.90 Å². The third kappa shape index (κ3) is 2.41. The number of aldehydes is 1. The van der Waals surface area contributed by atoms with Crippen LogP contribution in [0.3, 0.4) is 0 Å². The molecule has 0 radical (unpaired) electrons. The van der Waals surface area contributed by atoms with E-state index >= 15 is 0 Å². The maximum atomic E-state index is 11.3. The number of nitrogens with zero attached hydrogens (tertiary/aromatic N) is 1. The molecule has 3 rings (SSSR count). The fourth-order valence-electron chi connectivity index (χ4n) is 3.02. The first-order valence-corrected chi connectivity index (χ1v) is 7.20. The SMILES string of the molecule is O=Cc1cc(CN2CCCCC2)c(O)c2ccccc12. The highest BCUT2D eigenvalue weighted by atomic mass is 16.3. The predicted molar refractivity (Wildman–Crippen MR) is 80.1 cm³/mol. The molecule has 1 saturated heterocycles. The number of phenols is 1. The molecule has 20 heavy (non-hydrogen) atoms. The minimum absolute atomic E-state index is 0.316. The Balaban J connectivity index is 2.01. The first-order valence-electron chi connectivity index (χ1n) is 7.20. The number of benzene rings is 2. The molecule has 2 aromatic carbocycles. The molecule has 0 saturated carbocycles. The molecule has 1 fully saturated rings. The van der Waals surface area contributed by atoms with Crippen LogP contribution in [-0.2, 0) is 6.54 Å². The number of fused-ring (bicyclic) bond motifs is 1. The van der Waals surface area contributed by atoms with Crippen molar-refractivity contribution in [3.8, 4) is 5.75 Å². The highest BCUT2D eigenvalue weighted by molar-refractivity contribution is 6.01. The summed E-state index contributed by atoms with van der Waals surface area (Å²) in [6.07, 6.45) is 4.60. The highest BCUT2D eigenvalue weighted by Crippen LogP contribution is 2.32. The average molecular weight is 269 g/mol. The molecule has 3 heteroatoms. The molecular formula is C17H19NO2. The molecule has 1 N–H and O–H groups in total. The molecule has 0 atom stereocenters. The number of hydrogen-bond acceptors (Lipinski definition) is 3. The van der Waals surface area contributed by atoms with Gasteiger partial charge >= 0.3 is 0 Å². The number of phenolic OH excluding ortho intramolecular Hbond substituents is 1. The molecule has 1 aliphatic heterocycles. The van der Waals surface area contributed by atoms with Crippen molar-refractivity contribution < 1.29 is 9.90 Å². The van der Waals surface area contributed by atoms with E-state index in [1.165, 1.54) is 19.3 Å². The maximum absolute atomic E-state index is 11.3. The van der Waals surface area contributed by atoms with Crippen molar-refractivity contribution in [2.75, 3.05) is 13.1 Å². The second-order valence-electron chi connectivity index (χ2n) is 5.47. The summed E-state index contributed by atoms with van der Waals surface area (Å²) in [5.41, 5.74) is 1.51. The summed E-state index contributed by atoms with van der Waals surface area (Å²) in [5.74, 6) is 0.316. The minimum atomic E-state index is 0.316. The monoisotopic (exact) mass is 269 g/mol. The van der Waals surface area contributed by atoms with Gasteiger partial charge in [-0.3, -0.25) is 9.69 Å². The Morgan fingerprint density at radius 3 is 2.50 bits per heavy atom. The molecule has 0 unspecified atom stereocenters. The first kappa shape index (κ1) is 13.1. The molecule has 0 amide bonds. The summed E-state index contributed by atoms with van der Waals surface area (Å²) in [5, 5.41) is 12.0. The standard InChI is InChI=1S/C17H19NO2/c19-12-14-10-13(11-18-8-4-1-5-9-18)17(20)16-7-3-2-6-15(14)16/h2-3,6-7,10,12,20H,1,4-5,8-9,11H2. The summed E-state index contributed by atoms with van der Waals surface area (Å²) in [4.78, 5) is 13.6. The van der Waals surface area contributed by atoms with Crippen molar-refractivity contribution in [2.24, 2.45) is 0 Å². The number of hydrogen-bond donors (Lipinski definition) is 1. The Morgan fingerprint density at radius 2 is 1.80 bits per heavy atom. The van der Waals surface area contributed by atoms with E-state index in [0.29, 0.717) is 11.3 Å².